The Morgan fingerprint density at radius 2 is 1.94 bits per heavy atom. The number of aliphatic imine (C=N–C) groups is 1. The smallest absolute Gasteiger partial charge is 0.408 e. The van der Waals surface area contributed by atoms with E-state index in [1.165, 1.54) is 11.8 Å². The number of fused-ring (bicyclic) bond motifs is 1. The molecule has 3 rings (SSSR count). The van der Waals surface area contributed by atoms with Crippen LogP contribution in [0.4, 0.5) is 4.79 Å². The van der Waals surface area contributed by atoms with Crippen LogP contribution < -0.4 is 5.32 Å². The molecule has 170 valence electrons. The normalized spacial score (nSPS) is 24.6. The molecule has 2 fully saturated rings. The molecule has 8 nitrogen and oxygen atoms in total. The minimum atomic E-state index is -3.07. The molecule has 2 saturated heterocycles. The van der Waals surface area contributed by atoms with Crippen molar-refractivity contribution in [3.8, 4) is 0 Å². The fourth-order valence-corrected chi connectivity index (χ4v) is 7.70. The number of ether oxygens (including phenoxy) is 1. The van der Waals surface area contributed by atoms with Gasteiger partial charge >= 0.3 is 6.09 Å². The second kappa shape index (κ2) is 9.20. The first-order valence-corrected chi connectivity index (χ1v) is 13.0. The van der Waals surface area contributed by atoms with Gasteiger partial charge in [-0.05, 0) is 33.3 Å². The number of nitrogens with zero attached hydrogens (tertiary/aromatic N) is 2. The van der Waals surface area contributed by atoms with E-state index in [1.807, 2.05) is 42.2 Å². The van der Waals surface area contributed by atoms with Gasteiger partial charge in [0.25, 0.3) is 5.91 Å². The number of amidine groups is 1. The van der Waals surface area contributed by atoms with Crippen LogP contribution in [0.3, 0.4) is 0 Å². The largest absolute Gasteiger partial charge is 0.444 e. The monoisotopic (exact) mass is 467 g/mol. The van der Waals surface area contributed by atoms with E-state index >= 15 is 0 Å². The fourth-order valence-electron chi connectivity index (χ4n) is 3.68. The number of sulfone groups is 1. The molecule has 0 unspecified atom stereocenters. The van der Waals surface area contributed by atoms with E-state index in [0.717, 1.165) is 5.56 Å². The first-order valence-electron chi connectivity index (χ1n) is 10.3. The summed E-state index contributed by atoms with van der Waals surface area (Å²) in [5, 5.41) is 3.04. The molecule has 0 bridgehead atoms. The number of rotatable bonds is 5. The van der Waals surface area contributed by atoms with Crippen LogP contribution >= 0.6 is 11.8 Å². The number of hydrogen-bond donors (Lipinski definition) is 1. The zero-order chi connectivity index (χ0) is 22.8. The van der Waals surface area contributed by atoms with Crippen LogP contribution in [0.2, 0.25) is 0 Å². The van der Waals surface area contributed by atoms with E-state index in [1.54, 1.807) is 20.8 Å². The number of amides is 2. The molecule has 0 aliphatic carbocycles. The second-order valence-corrected chi connectivity index (χ2v) is 12.1. The second-order valence-electron chi connectivity index (χ2n) is 8.71. The average molecular weight is 468 g/mol. The molecule has 0 radical (unpaired) electrons. The van der Waals surface area contributed by atoms with Crippen LogP contribution in [0.5, 0.6) is 0 Å². The van der Waals surface area contributed by atoms with E-state index in [9.17, 15) is 18.0 Å². The minimum Gasteiger partial charge on any atom is -0.444 e. The first kappa shape index (κ1) is 23.6. The molecule has 0 saturated carbocycles. The zero-order valence-electron chi connectivity index (χ0n) is 18.2. The van der Waals surface area contributed by atoms with Gasteiger partial charge in [0.1, 0.15) is 11.6 Å². The summed E-state index contributed by atoms with van der Waals surface area (Å²) in [4.78, 5) is 31.6. The van der Waals surface area contributed by atoms with Crippen LogP contribution in [0.25, 0.3) is 0 Å². The van der Waals surface area contributed by atoms with Crippen LogP contribution in [-0.2, 0) is 25.8 Å². The molecule has 2 amide bonds. The molecule has 10 heteroatoms. The number of alkyl carbamates (subject to hydrolysis) is 1. The van der Waals surface area contributed by atoms with Crippen molar-refractivity contribution in [3.05, 3.63) is 35.9 Å². The molecule has 1 aromatic rings. The van der Waals surface area contributed by atoms with E-state index in [-0.39, 0.29) is 29.2 Å². The van der Waals surface area contributed by atoms with Gasteiger partial charge in [0.05, 0.1) is 17.5 Å². The Balaban J connectivity index is 1.79. The molecule has 2 aliphatic heterocycles. The van der Waals surface area contributed by atoms with E-state index in [0.29, 0.717) is 11.7 Å². The molecular formula is C21H29N3O5S2. The predicted octanol–water partition coefficient (Wildman–Crippen LogP) is 2.24. The Morgan fingerprint density at radius 3 is 2.55 bits per heavy atom. The summed E-state index contributed by atoms with van der Waals surface area (Å²) >= 11 is 1.33. The molecule has 2 aliphatic rings. The number of nitrogens with one attached hydrogen (secondary N) is 1. The first-order chi connectivity index (χ1) is 14.5. The summed E-state index contributed by atoms with van der Waals surface area (Å²) in [6.45, 7) is 7.72. The van der Waals surface area contributed by atoms with E-state index < -0.39 is 33.5 Å². The summed E-state index contributed by atoms with van der Waals surface area (Å²) in [5.74, 6) is -0.316. The van der Waals surface area contributed by atoms with Gasteiger partial charge in [-0.1, -0.05) is 42.1 Å². The number of benzene rings is 1. The highest BCUT2D eigenvalue weighted by Gasteiger charge is 2.48. The summed E-state index contributed by atoms with van der Waals surface area (Å²) < 4.78 is 29.3. The van der Waals surface area contributed by atoms with Crippen molar-refractivity contribution >= 4 is 38.8 Å². The summed E-state index contributed by atoms with van der Waals surface area (Å²) in [5.41, 5.74) is 0.186. The lowest BCUT2D eigenvalue weighted by molar-refractivity contribution is -0.119. The lowest BCUT2D eigenvalue weighted by Gasteiger charge is -2.24. The molecular weight excluding hydrogens is 438 g/mol. The van der Waals surface area contributed by atoms with Gasteiger partial charge in [-0.15, -0.1) is 0 Å². The Morgan fingerprint density at radius 1 is 1.26 bits per heavy atom. The Bertz CT molecular complexity index is 957. The van der Waals surface area contributed by atoms with Crippen molar-refractivity contribution < 1.29 is 22.7 Å². The third-order valence-corrected chi connectivity index (χ3v) is 8.24. The van der Waals surface area contributed by atoms with E-state index in [4.69, 9.17) is 4.74 Å². The molecule has 0 aromatic heterocycles. The predicted molar refractivity (Wildman–Crippen MR) is 122 cm³/mol. The van der Waals surface area contributed by atoms with Crippen LogP contribution in [0.1, 0.15) is 33.3 Å². The van der Waals surface area contributed by atoms with Gasteiger partial charge in [-0.2, -0.15) is 4.99 Å². The Hall–Kier alpha value is -2.07. The standard InChI is InChI=1S/C21H29N3O5S2/c1-5-24-16-12-31(27,28)13-17(16)30-19(24)23-18(25)15(11-14-9-7-6-8-10-14)22-20(26)29-21(2,3)4/h6-10,15-17H,5,11-13H2,1-4H3,(H,22,26)/t15-,16-,17-/m1/s1. The molecule has 0 spiro atoms. The lowest BCUT2D eigenvalue weighted by atomic mass is 10.1. The van der Waals surface area contributed by atoms with Gasteiger partial charge in [0.15, 0.2) is 15.0 Å². The lowest BCUT2D eigenvalue weighted by Crippen LogP contribution is -2.45. The number of carbonyl (C=O) groups is 2. The topological polar surface area (TPSA) is 105 Å². The summed E-state index contributed by atoms with van der Waals surface area (Å²) in [6, 6.07) is 8.30. The highest BCUT2D eigenvalue weighted by atomic mass is 32.2. The highest BCUT2D eigenvalue weighted by molar-refractivity contribution is 8.15. The molecule has 31 heavy (non-hydrogen) atoms. The SMILES string of the molecule is CCN1C(=NC(=O)[C@@H](Cc2ccccc2)NC(=O)OC(C)(C)C)S[C@@H]2CS(=O)(=O)C[C@H]21. The van der Waals surface area contributed by atoms with Crippen molar-refractivity contribution in [2.24, 2.45) is 4.99 Å². The molecule has 1 N–H and O–H groups in total. The maximum absolute atomic E-state index is 13.1. The number of thioether (sulfide) groups is 1. The third kappa shape index (κ3) is 6.22. The quantitative estimate of drug-likeness (QED) is 0.708. The van der Waals surface area contributed by atoms with Crippen molar-refractivity contribution in [1.29, 1.82) is 0 Å². The van der Waals surface area contributed by atoms with Gasteiger partial charge in [-0.25, -0.2) is 13.2 Å². The maximum atomic E-state index is 13.1. The number of carbonyl (C=O) groups excluding carboxylic acids is 2. The fraction of sp³-hybridized carbons (Fsp3) is 0.571. The zero-order valence-corrected chi connectivity index (χ0v) is 19.8. The van der Waals surface area contributed by atoms with Gasteiger partial charge < -0.3 is 15.0 Å². The highest BCUT2D eigenvalue weighted by Crippen LogP contribution is 2.37. The minimum absolute atomic E-state index is 0.0787. The van der Waals surface area contributed by atoms with Crippen molar-refractivity contribution in [2.75, 3.05) is 18.1 Å². The Kier molecular flexibility index (Phi) is 7.00. The Labute approximate surface area is 187 Å². The van der Waals surface area contributed by atoms with E-state index in [2.05, 4.69) is 10.3 Å². The van der Waals surface area contributed by atoms with Crippen molar-refractivity contribution in [3.63, 3.8) is 0 Å². The maximum Gasteiger partial charge on any atom is 0.408 e. The van der Waals surface area contributed by atoms with Crippen molar-refractivity contribution in [1.82, 2.24) is 10.2 Å². The van der Waals surface area contributed by atoms with Gasteiger partial charge in [0.2, 0.25) is 0 Å². The average Bonchev–Trinajstić information content (AvgIpc) is 3.10. The summed E-state index contributed by atoms with van der Waals surface area (Å²) in [6.07, 6.45) is -0.412. The molecule has 1 aromatic carbocycles. The molecule has 3 atom stereocenters. The van der Waals surface area contributed by atoms with Gasteiger partial charge in [-0.3, -0.25) is 4.79 Å². The molecule has 2 heterocycles. The van der Waals surface area contributed by atoms with Crippen LogP contribution in [-0.4, -0.2) is 71.5 Å². The summed E-state index contributed by atoms with van der Waals surface area (Å²) in [7, 11) is -3.07. The van der Waals surface area contributed by atoms with Crippen LogP contribution in [0, 0.1) is 0 Å². The van der Waals surface area contributed by atoms with Crippen LogP contribution in [0.15, 0.2) is 35.3 Å². The van der Waals surface area contributed by atoms with Crippen molar-refractivity contribution in [2.45, 2.75) is 57.1 Å². The van der Waals surface area contributed by atoms with Gasteiger partial charge in [0, 0.05) is 18.2 Å². The third-order valence-electron chi connectivity index (χ3n) is 4.99. The number of hydrogen-bond acceptors (Lipinski definition) is 6.